The molecule has 0 fully saturated rings. The van der Waals surface area contributed by atoms with Crippen molar-refractivity contribution < 1.29 is 4.39 Å². The van der Waals surface area contributed by atoms with Gasteiger partial charge in [0, 0.05) is 0 Å². The molecule has 0 aliphatic carbocycles. The van der Waals surface area contributed by atoms with Gasteiger partial charge in [-0.05, 0) is 24.3 Å². The minimum atomic E-state index is -0.631. The fourth-order valence-electron chi connectivity index (χ4n) is 2.12. The van der Waals surface area contributed by atoms with E-state index in [0.29, 0.717) is 11.5 Å². The summed E-state index contributed by atoms with van der Waals surface area (Å²) in [5.41, 5.74) is 2.30. The zero-order valence-electron chi connectivity index (χ0n) is 10.1. The molecule has 0 saturated heterocycles. The first-order chi connectivity index (χ1) is 9.61. The Morgan fingerprint density at radius 2 is 1.75 bits per heavy atom. The molecule has 1 aromatic heterocycles. The Morgan fingerprint density at radius 3 is 2.40 bits per heavy atom. The molecule has 3 rings (SSSR count). The first-order valence-corrected chi connectivity index (χ1v) is 7.08. The van der Waals surface area contributed by atoms with Crippen LogP contribution >= 0.6 is 34.8 Å². The number of imidazole rings is 1. The second-order valence-corrected chi connectivity index (χ2v) is 5.29. The van der Waals surface area contributed by atoms with Gasteiger partial charge < -0.3 is 0 Å². The molecule has 3 aromatic rings. The van der Waals surface area contributed by atoms with E-state index in [1.807, 2.05) is 28.8 Å². The molecule has 0 N–H and O–H groups in total. The van der Waals surface area contributed by atoms with Gasteiger partial charge in [0.2, 0.25) is 0 Å². The fraction of sp³-hybridized carbons (Fsp3) is 0.0714. The Kier molecular flexibility index (Phi) is 3.59. The molecule has 0 spiro atoms. The lowest BCUT2D eigenvalue weighted by Crippen LogP contribution is -2.00. The third-order valence-electron chi connectivity index (χ3n) is 2.98. The Hall–Kier alpha value is -1.29. The van der Waals surface area contributed by atoms with Crippen LogP contribution in [0.5, 0.6) is 0 Å². The highest BCUT2D eigenvalue weighted by Gasteiger charge is 2.14. The monoisotopic (exact) mass is 328 g/mol. The molecule has 2 nitrogen and oxygen atoms in total. The summed E-state index contributed by atoms with van der Waals surface area (Å²) in [4.78, 5) is 4.44. The molecular weight excluding hydrogens is 322 g/mol. The van der Waals surface area contributed by atoms with Crippen LogP contribution in [0.1, 0.15) is 5.82 Å². The maximum absolute atomic E-state index is 13.5. The van der Waals surface area contributed by atoms with Gasteiger partial charge in [0.1, 0.15) is 5.82 Å². The number of halogens is 4. The molecular formula is C14H8Cl3FN2. The highest BCUT2D eigenvalue weighted by molar-refractivity contribution is 6.35. The van der Waals surface area contributed by atoms with Crippen molar-refractivity contribution in [3.05, 3.63) is 58.1 Å². The molecule has 0 aliphatic rings. The van der Waals surface area contributed by atoms with Crippen molar-refractivity contribution in [3.8, 4) is 5.69 Å². The highest BCUT2D eigenvalue weighted by Crippen LogP contribution is 2.30. The SMILES string of the molecule is Fc1c(Cl)cc(-n2c(CCl)nc3ccccc32)cc1Cl. The van der Waals surface area contributed by atoms with Crippen LogP contribution in [0, 0.1) is 5.82 Å². The van der Waals surface area contributed by atoms with Crippen molar-refractivity contribution in [2.75, 3.05) is 0 Å². The van der Waals surface area contributed by atoms with Crippen LogP contribution in [0.3, 0.4) is 0 Å². The summed E-state index contributed by atoms with van der Waals surface area (Å²) in [6, 6.07) is 10.6. The predicted octanol–water partition coefficient (Wildman–Crippen LogP) is 5.21. The Labute approximate surface area is 129 Å². The molecule has 0 bridgehead atoms. The van der Waals surface area contributed by atoms with Crippen LogP contribution < -0.4 is 0 Å². The summed E-state index contributed by atoms with van der Waals surface area (Å²) < 4.78 is 15.4. The molecule has 0 radical (unpaired) electrons. The number of hydrogen-bond acceptors (Lipinski definition) is 1. The quantitative estimate of drug-likeness (QED) is 0.466. The highest BCUT2D eigenvalue weighted by atomic mass is 35.5. The Morgan fingerprint density at radius 1 is 1.10 bits per heavy atom. The van der Waals surface area contributed by atoms with E-state index in [2.05, 4.69) is 4.98 Å². The van der Waals surface area contributed by atoms with Gasteiger partial charge in [-0.2, -0.15) is 0 Å². The van der Waals surface area contributed by atoms with E-state index in [4.69, 9.17) is 34.8 Å². The number of alkyl halides is 1. The van der Waals surface area contributed by atoms with Crippen LogP contribution in [-0.2, 0) is 5.88 Å². The number of rotatable bonds is 2. The van der Waals surface area contributed by atoms with E-state index in [0.717, 1.165) is 11.0 Å². The van der Waals surface area contributed by atoms with Gasteiger partial charge in [-0.3, -0.25) is 4.57 Å². The van der Waals surface area contributed by atoms with Crippen molar-refractivity contribution in [1.29, 1.82) is 0 Å². The van der Waals surface area contributed by atoms with Gasteiger partial charge in [-0.15, -0.1) is 11.6 Å². The largest absolute Gasteiger partial charge is 0.295 e. The number of nitrogens with zero attached hydrogens (tertiary/aromatic N) is 2. The standard InChI is InChI=1S/C14H8Cl3FN2/c15-7-13-19-11-3-1-2-4-12(11)20(13)8-5-9(16)14(18)10(17)6-8/h1-6H,7H2. The number of hydrogen-bond donors (Lipinski definition) is 0. The molecule has 20 heavy (non-hydrogen) atoms. The van der Waals surface area contributed by atoms with Gasteiger partial charge in [0.15, 0.2) is 5.82 Å². The summed E-state index contributed by atoms with van der Waals surface area (Å²) in [6.45, 7) is 0. The van der Waals surface area contributed by atoms with Gasteiger partial charge in [0.05, 0.1) is 32.6 Å². The average molecular weight is 330 g/mol. The van der Waals surface area contributed by atoms with Crippen LogP contribution in [-0.4, -0.2) is 9.55 Å². The van der Waals surface area contributed by atoms with E-state index < -0.39 is 5.82 Å². The topological polar surface area (TPSA) is 17.8 Å². The van der Waals surface area contributed by atoms with E-state index in [-0.39, 0.29) is 15.9 Å². The molecule has 0 amide bonds. The van der Waals surface area contributed by atoms with E-state index in [1.54, 1.807) is 0 Å². The summed E-state index contributed by atoms with van der Waals surface area (Å²) >= 11 is 17.7. The summed E-state index contributed by atoms with van der Waals surface area (Å²) in [5.74, 6) is 0.238. The van der Waals surface area contributed by atoms with Gasteiger partial charge >= 0.3 is 0 Å². The van der Waals surface area contributed by atoms with Gasteiger partial charge in [-0.25, -0.2) is 9.37 Å². The van der Waals surface area contributed by atoms with Crippen molar-refractivity contribution in [2.24, 2.45) is 0 Å². The summed E-state index contributed by atoms with van der Waals surface area (Å²) in [6.07, 6.45) is 0. The van der Waals surface area contributed by atoms with E-state index in [9.17, 15) is 4.39 Å². The second-order valence-electron chi connectivity index (χ2n) is 4.21. The summed E-state index contributed by atoms with van der Waals surface area (Å²) in [5, 5.41) is -0.0726. The van der Waals surface area contributed by atoms with Crippen molar-refractivity contribution in [3.63, 3.8) is 0 Å². The third-order valence-corrected chi connectivity index (χ3v) is 3.77. The minimum absolute atomic E-state index is 0.0363. The Bertz CT molecular complexity index is 775. The molecule has 0 saturated carbocycles. The molecule has 0 aliphatic heterocycles. The van der Waals surface area contributed by atoms with Gasteiger partial charge in [-0.1, -0.05) is 35.3 Å². The third kappa shape index (κ3) is 2.16. The van der Waals surface area contributed by atoms with Crippen molar-refractivity contribution in [1.82, 2.24) is 9.55 Å². The lowest BCUT2D eigenvalue weighted by molar-refractivity contribution is 0.628. The molecule has 0 atom stereocenters. The lowest BCUT2D eigenvalue weighted by atomic mass is 10.2. The maximum atomic E-state index is 13.5. The average Bonchev–Trinajstić information content (AvgIpc) is 2.82. The second kappa shape index (κ2) is 5.24. The maximum Gasteiger partial charge on any atom is 0.160 e. The van der Waals surface area contributed by atoms with Crippen LogP contribution in [0.2, 0.25) is 10.0 Å². The number of fused-ring (bicyclic) bond motifs is 1. The molecule has 102 valence electrons. The fourth-order valence-corrected chi connectivity index (χ4v) is 2.78. The van der Waals surface area contributed by atoms with Crippen LogP contribution in [0.25, 0.3) is 16.7 Å². The van der Waals surface area contributed by atoms with Crippen molar-refractivity contribution in [2.45, 2.75) is 5.88 Å². The molecule has 2 aromatic carbocycles. The molecule has 6 heteroatoms. The van der Waals surface area contributed by atoms with Crippen LogP contribution in [0.15, 0.2) is 36.4 Å². The molecule has 1 heterocycles. The number of aromatic nitrogens is 2. The zero-order valence-corrected chi connectivity index (χ0v) is 12.3. The lowest BCUT2D eigenvalue weighted by Gasteiger charge is -2.09. The summed E-state index contributed by atoms with van der Waals surface area (Å²) in [7, 11) is 0. The number of para-hydroxylation sites is 2. The number of benzene rings is 2. The van der Waals surface area contributed by atoms with Gasteiger partial charge in [0.25, 0.3) is 0 Å². The van der Waals surface area contributed by atoms with E-state index >= 15 is 0 Å². The minimum Gasteiger partial charge on any atom is -0.295 e. The first kappa shape index (κ1) is 13.7. The normalized spacial score (nSPS) is 11.2. The smallest absolute Gasteiger partial charge is 0.160 e. The van der Waals surface area contributed by atoms with Crippen molar-refractivity contribution >= 4 is 45.8 Å². The van der Waals surface area contributed by atoms with E-state index in [1.165, 1.54) is 12.1 Å². The Balaban J connectivity index is 2.33. The predicted molar refractivity (Wildman–Crippen MR) is 80.6 cm³/mol. The first-order valence-electron chi connectivity index (χ1n) is 5.79. The van der Waals surface area contributed by atoms with Crippen LogP contribution in [0.4, 0.5) is 4.39 Å². The molecule has 0 unspecified atom stereocenters. The zero-order chi connectivity index (χ0) is 14.3.